The molecule has 22 heavy (non-hydrogen) atoms. The van der Waals surface area contributed by atoms with Crippen molar-refractivity contribution in [1.82, 2.24) is 14.7 Å². The molecule has 1 aliphatic rings. The Morgan fingerprint density at radius 3 is 2.73 bits per heavy atom. The molecule has 1 saturated heterocycles. The quantitative estimate of drug-likeness (QED) is 0.859. The van der Waals surface area contributed by atoms with Crippen molar-refractivity contribution >= 4 is 5.91 Å². The molecule has 2 heterocycles. The summed E-state index contributed by atoms with van der Waals surface area (Å²) in [6, 6.07) is 1.01. The third kappa shape index (κ3) is 3.81. The maximum Gasteiger partial charge on any atom is 0.435 e. The molecule has 0 bridgehead atoms. The average Bonchev–Trinajstić information content (AvgIpc) is 2.79. The molecule has 4 nitrogen and oxygen atoms in total. The number of rotatable bonds is 3. The number of aryl methyl sites for hydroxylation is 1. The van der Waals surface area contributed by atoms with Crippen molar-refractivity contribution in [2.75, 3.05) is 13.1 Å². The van der Waals surface area contributed by atoms with Crippen LogP contribution in [0.25, 0.3) is 0 Å². The van der Waals surface area contributed by atoms with Gasteiger partial charge in [0.1, 0.15) is 0 Å². The van der Waals surface area contributed by atoms with Gasteiger partial charge in [-0.1, -0.05) is 13.8 Å². The van der Waals surface area contributed by atoms with Gasteiger partial charge in [-0.05, 0) is 31.7 Å². The fraction of sp³-hybridized carbons (Fsp3) is 0.733. The van der Waals surface area contributed by atoms with Gasteiger partial charge in [-0.3, -0.25) is 9.48 Å². The molecule has 0 aliphatic carbocycles. The number of piperidine rings is 1. The highest BCUT2D eigenvalue weighted by Gasteiger charge is 2.35. The van der Waals surface area contributed by atoms with Gasteiger partial charge in [-0.25, -0.2) is 0 Å². The van der Waals surface area contributed by atoms with Crippen LogP contribution in [0.5, 0.6) is 0 Å². The van der Waals surface area contributed by atoms with E-state index in [4.69, 9.17) is 0 Å². The highest BCUT2D eigenvalue weighted by molar-refractivity contribution is 5.78. The number of alkyl halides is 3. The van der Waals surface area contributed by atoms with Crippen LogP contribution in [0.3, 0.4) is 0 Å². The molecule has 0 spiro atoms. The van der Waals surface area contributed by atoms with E-state index in [1.807, 2.05) is 4.90 Å². The van der Waals surface area contributed by atoms with E-state index in [0.29, 0.717) is 11.6 Å². The van der Waals surface area contributed by atoms with Crippen LogP contribution >= 0.6 is 0 Å². The molecule has 1 fully saturated rings. The van der Waals surface area contributed by atoms with Crippen LogP contribution in [0.1, 0.15) is 38.1 Å². The zero-order valence-corrected chi connectivity index (χ0v) is 13.2. The van der Waals surface area contributed by atoms with Crippen molar-refractivity contribution in [1.29, 1.82) is 0 Å². The van der Waals surface area contributed by atoms with Gasteiger partial charge in [0.05, 0.1) is 12.5 Å². The Labute approximate surface area is 128 Å². The molecule has 1 aliphatic heterocycles. The molecule has 0 radical (unpaired) electrons. The van der Waals surface area contributed by atoms with Crippen molar-refractivity contribution in [2.45, 2.75) is 46.3 Å². The zero-order valence-electron chi connectivity index (χ0n) is 13.2. The van der Waals surface area contributed by atoms with E-state index >= 15 is 0 Å². The first kappa shape index (κ1) is 16.8. The Kier molecular flexibility index (Phi) is 4.82. The number of hydrogen-bond donors (Lipinski definition) is 0. The molecule has 1 aromatic rings. The summed E-state index contributed by atoms with van der Waals surface area (Å²) in [6.07, 6.45) is -2.35. The fourth-order valence-corrected chi connectivity index (χ4v) is 2.87. The van der Waals surface area contributed by atoms with Gasteiger partial charge in [0.2, 0.25) is 5.91 Å². The van der Waals surface area contributed by atoms with E-state index in [-0.39, 0.29) is 18.4 Å². The van der Waals surface area contributed by atoms with Crippen LogP contribution < -0.4 is 0 Å². The second kappa shape index (κ2) is 6.30. The maximum absolute atomic E-state index is 12.7. The van der Waals surface area contributed by atoms with Gasteiger partial charge in [0.25, 0.3) is 0 Å². The standard InChI is InChI=1S/C15H22F3N3O/c1-10-5-4-6-20(8-10)14(22)11(2)9-21-12(3)7-13(19-21)15(16,17)18/h7,10-11H,4-6,8-9H2,1-3H3/t10-,11-/m1/s1. The lowest BCUT2D eigenvalue weighted by Crippen LogP contribution is -2.42. The summed E-state index contributed by atoms with van der Waals surface area (Å²) >= 11 is 0. The van der Waals surface area contributed by atoms with Gasteiger partial charge < -0.3 is 4.90 Å². The van der Waals surface area contributed by atoms with Crippen LogP contribution in [0.2, 0.25) is 0 Å². The summed E-state index contributed by atoms with van der Waals surface area (Å²) in [4.78, 5) is 14.2. The Balaban J connectivity index is 2.04. The molecular weight excluding hydrogens is 295 g/mol. The summed E-state index contributed by atoms with van der Waals surface area (Å²) in [7, 11) is 0. The van der Waals surface area contributed by atoms with E-state index in [1.165, 1.54) is 4.68 Å². The Hall–Kier alpha value is -1.53. The predicted octanol–water partition coefficient (Wildman–Crippen LogP) is 3.10. The molecule has 1 amide bonds. The molecule has 2 atom stereocenters. The molecule has 124 valence electrons. The summed E-state index contributed by atoms with van der Waals surface area (Å²) in [6.45, 7) is 7.07. The van der Waals surface area contributed by atoms with Gasteiger partial charge in [-0.15, -0.1) is 0 Å². The van der Waals surface area contributed by atoms with Crippen molar-refractivity contribution in [3.05, 3.63) is 17.5 Å². The van der Waals surface area contributed by atoms with Gasteiger partial charge >= 0.3 is 6.18 Å². The lowest BCUT2D eigenvalue weighted by molar-refractivity contribution is -0.141. The summed E-state index contributed by atoms with van der Waals surface area (Å²) in [5, 5.41) is 3.58. The van der Waals surface area contributed by atoms with E-state index in [0.717, 1.165) is 32.0 Å². The van der Waals surface area contributed by atoms with E-state index in [1.54, 1.807) is 13.8 Å². The van der Waals surface area contributed by atoms with Crippen LogP contribution in [0.4, 0.5) is 13.2 Å². The molecule has 0 unspecified atom stereocenters. The normalized spacial score (nSPS) is 21.0. The number of halogens is 3. The summed E-state index contributed by atoms with van der Waals surface area (Å²) in [5.41, 5.74) is -0.491. The first-order chi connectivity index (χ1) is 10.2. The molecule has 0 aromatic carbocycles. The number of hydrogen-bond acceptors (Lipinski definition) is 2. The predicted molar refractivity (Wildman–Crippen MR) is 76.1 cm³/mol. The van der Waals surface area contributed by atoms with Crippen LogP contribution in [0.15, 0.2) is 6.07 Å². The van der Waals surface area contributed by atoms with Crippen molar-refractivity contribution in [2.24, 2.45) is 11.8 Å². The largest absolute Gasteiger partial charge is 0.435 e. The maximum atomic E-state index is 12.7. The molecule has 1 aromatic heterocycles. The molecule has 7 heteroatoms. The highest BCUT2D eigenvalue weighted by Crippen LogP contribution is 2.28. The van der Waals surface area contributed by atoms with Gasteiger partial charge in [-0.2, -0.15) is 18.3 Å². The average molecular weight is 317 g/mol. The van der Waals surface area contributed by atoms with Gasteiger partial charge in [0, 0.05) is 18.8 Å². The topological polar surface area (TPSA) is 38.1 Å². The van der Waals surface area contributed by atoms with E-state index < -0.39 is 11.9 Å². The second-order valence-corrected chi connectivity index (χ2v) is 6.28. The van der Waals surface area contributed by atoms with E-state index in [2.05, 4.69) is 12.0 Å². The molecule has 0 saturated carbocycles. The van der Waals surface area contributed by atoms with Crippen LogP contribution in [-0.2, 0) is 17.5 Å². The van der Waals surface area contributed by atoms with Gasteiger partial charge in [0.15, 0.2) is 5.69 Å². The Morgan fingerprint density at radius 1 is 1.50 bits per heavy atom. The minimum absolute atomic E-state index is 0.00462. The van der Waals surface area contributed by atoms with Crippen LogP contribution in [-0.4, -0.2) is 33.7 Å². The second-order valence-electron chi connectivity index (χ2n) is 6.28. The first-order valence-corrected chi connectivity index (χ1v) is 7.59. The Morgan fingerprint density at radius 2 is 2.18 bits per heavy atom. The number of likely N-dealkylation sites (tertiary alicyclic amines) is 1. The van der Waals surface area contributed by atoms with Crippen molar-refractivity contribution < 1.29 is 18.0 Å². The zero-order chi connectivity index (χ0) is 16.5. The lowest BCUT2D eigenvalue weighted by atomic mass is 9.99. The summed E-state index contributed by atoms with van der Waals surface area (Å²) < 4.78 is 39.3. The Bertz CT molecular complexity index is 539. The number of carbonyl (C=O) groups excluding carboxylic acids is 1. The minimum atomic E-state index is -4.45. The minimum Gasteiger partial charge on any atom is -0.342 e. The van der Waals surface area contributed by atoms with Crippen molar-refractivity contribution in [3.8, 4) is 0 Å². The number of amides is 1. The smallest absolute Gasteiger partial charge is 0.342 e. The lowest BCUT2D eigenvalue weighted by Gasteiger charge is -2.32. The first-order valence-electron chi connectivity index (χ1n) is 7.59. The highest BCUT2D eigenvalue weighted by atomic mass is 19.4. The number of aromatic nitrogens is 2. The molecule has 2 rings (SSSR count). The molecular formula is C15H22F3N3O. The van der Waals surface area contributed by atoms with Crippen molar-refractivity contribution in [3.63, 3.8) is 0 Å². The third-order valence-corrected chi connectivity index (χ3v) is 4.11. The summed E-state index contributed by atoms with van der Waals surface area (Å²) in [5.74, 6) is 0.0909. The number of carbonyl (C=O) groups is 1. The van der Waals surface area contributed by atoms with E-state index in [9.17, 15) is 18.0 Å². The fourth-order valence-electron chi connectivity index (χ4n) is 2.87. The third-order valence-electron chi connectivity index (χ3n) is 4.11. The number of nitrogens with zero attached hydrogens (tertiary/aromatic N) is 3. The monoisotopic (exact) mass is 317 g/mol. The molecule has 0 N–H and O–H groups in total. The SMILES string of the molecule is Cc1cc(C(F)(F)F)nn1C[C@@H](C)C(=O)N1CCC[C@@H](C)C1. The van der Waals surface area contributed by atoms with Crippen LogP contribution in [0, 0.1) is 18.8 Å².